The molecule has 4 unspecified atom stereocenters. The van der Waals surface area contributed by atoms with Crippen LogP contribution in [0.2, 0.25) is 0 Å². The third-order valence-corrected chi connectivity index (χ3v) is 4.42. The van der Waals surface area contributed by atoms with Crippen LogP contribution in [0.3, 0.4) is 0 Å². The molecule has 1 aliphatic rings. The zero-order chi connectivity index (χ0) is 17.9. The van der Waals surface area contributed by atoms with Gasteiger partial charge in [0.25, 0.3) is 5.56 Å². The maximum absolute atomic E-state index is 12.7. The number of hydrogen-bond donors (Lipinski definition) is 3. The van der Waals surface area contributed by atoms with Gasteiger partial charge in [-0.15, -0.1) is 0 Å². The average Bonchev–Trinajstić information content (AvgIpc) is 3.09. The van der Waals surface area contributed by atoms with Crippen molar-refractivity contribution in [2.75, 3.05) is 6.61 Å². The number of aryl methyl sites for hydroxylation is 2. The summed E-state index contributed by atoms with van der Waals surface area (Å²) in [6, 6.07) is 1.77. The third-order valence-electron chi connectivity index (χ3n) is 4.42. The molecule has 3 N–H and O–H groups in total. The standard InChI is InChI=1S/C15H17N5O5/c1-6-3-7(2)20-13(24)9-12(18-15(20)17-6)19(5-16-9)14-11(23)10(22)8(4-21)25-14/h3,5,8,10-11,14,21-23H,4H2,1-2H3. The number of hydrogen-bond acceptors (Lipinski definition) is 8. The number of aromatic nitrogens is 5. The highest BCUT2D eigenvalue weighted by molar-refractivity contribution is 5.72. The van der Waals surface area contributed by atoms with Gasteiger partial charge in [0.15, 0.2) is 17.4 Å². The first-order valence-electron chi connectivity index (χ1n) is 7.78. The first-order valence-corrected chi connectivity index (χ1v) is 7.78. The van der Waals surface area contributed by atoms with Crippen LogP contribution in [-0.4, -0.2) is 64.2 Å². The summed E-state index contributed by atoms with van der Waals surface area (Å²) in [6.45, 7) is 3.13. The molecule has 0 aromatic carbocycles. The van der Waals surface area contributed by atoms with Crippen LogP contribution in [0.15, 0.2) is 17.2 Å². The summed E-state index contributed by atoms with van der Waals surface area (Å²) in [4.78, 5) is 25.5. The van der Waals surface area contributed by atoms with Crippen LogP contribution in [0.5, 0.6) is 0 Å². The lowest BCUT2D eigenvalue weighted by molar-refractivity contribution is -0.0511. The van der Waals surface area contributed by atoms with Crippen LogP contribution in [0, 0.1) is 13.8 Å². The minimum atomic E-state index is -1.29. The molecule has 0 aliphatic carbocycles. The van der Waals surface area contributed by atoms with Gasteiger partial charge >= 0.3 is 0 Å². The number of imidazole rings is 1. The Bertz CT molecular complexity index is 1030. The van der Waals surface area contributed by atoms with Gasteiger partial charge in [0.05, 0.1) is 12.9 Å². The number of ether oxygens (including phenoxy) is 1. The van der Waals surface area contributed by atoms with E-state index in [-0.39, 0.29) is 22.5 Å². The molecule has 0 amide bonds. The summed E-state index contributed by atoms with van der Waals surface area (Å²) < 4.78 is 8.23. The van der Waals surface area contributed by atoms with Crippen molar-refractivity contribution in [3.63, 3.8) is 0 Å². The molecule has 1 saturated heterocycles. The van der Waals surface area contributed by atoms with Crippen LogP contribution in [0.1, 0.15) is 17.6 Å². The van der Waals surface area contributed by atoms with E-state index in [0.717, 1.165) is 0 Å². The fourth-order valence-electron chi connectivity index (χ4n) is 3.20. The summed E-state index contributed by atoms with van der Waals surface area (Å²) in [7, 11) is 0. The Kier molecular flexibility index (Phi) is 3.58. The number of aliphatic hydroxyl groups excluding tert-OH is 3. The summed E-state index contributed by atoms with van der Waals surface area (Å²) in [5.74, 6) is 0.212. The highest BCUT2D eigenvalue weighted by atomic mass is 16.6. The molecule has 4 heterocycles. The van der Waals surface area contributed by atoms with Crippen molar-refractivity contribution in [3.05, 3.63) is 34.1 Å². The van der Waals surface area contributed by atoms with Crippen molar-refractivity contribution in [2.24, 2.45) is 0 Å². The van der Waals surface area contributed by atoms with Crippen LogP contribution in [0.25, 0.3) is 16.9 Å². The normalized spacial score (nSPS) is 26.8. The van der Waals surface area contributed by atoms with Gasteiger partial charge in [0.1, 0.15) is 18.3 Å². The van der Waals surface area contributed by atoms with E-state index in [2.05, 4.69) is 15.0 Å². The molecule has 4 atom stereocenters. The summed E-state index contributed by atoms with van der Waals surface area (Å²) >= 11 is 0. The van der Waals surface area contributed by atoms with E-state index in [1.54, 1.807) is 19.9 Å². The smallest absolute Gasteiger partial charge is 0.287 e. The van der Waals surface area contributed by atoms with Crippen LogP contribution >= 0.6 is 0 Å². The van der Waals surface area contributed by atoms with E-state index in [4.69, 9.17) is 4.74 Å². The zero-order valence-corrected chi connectivity index (χ0v) is 13.6. The van der Waals surface area contributed by atoms with E-state index in [9.17, 15) is 20.1 Å². The van der Waals surface area contributed by atoms with E-state index in [0.29, 0.717) is 11.4 Å². The van der Waals surface area contributed by atoms with Gasteiger partial charge in [-0.1, -0.05) is 0 Å². The summed E-state index contributed by atoms with van der Waals surface area (Å²) in [6.07, 6.45) is -3.17. The highest BCUT2D eigenvalue weighted by Crippen LogP contribution is 2.30. The second-order valence-electron chi connectivity index (χ2n) is 6.14. The molecule has 0 spiro atoms. The monoisotopic (exact) mass is 347 g/mol. The van der Waals surface area contributed by atoms with Gasteiger partial charge in [-0.2, -0.15) is 4.98 Å². The Labute approximate surface area is 141 Å². The van der Waals surface area contributed by atoms with Crippen molar-refractivity contribution in [1.82, 2.24) is 23.9 Å². The van der Waals surface area contributed by atoms with Crippen molar-refractivity contribution in [2.45, 2.75) is 38.4 Å². The Morgan fingerprint density at radius 2 is 2.00 bits per heavy atom. The number of aliphatic hydroxyl groups is 3. The fraction of sp³-hybridized carbons (Fsp3) is 0.467. The van der Waals surface area contributed by atoms with Crippen LogP contribution in [0.4, 0.5) is 0 Å². The molecule has 132 valence electrons. The molecule has 25 heavy (non-hydrogen) atoms. The number of nitrogens with zero attached hydrogens (tertiary/aromatic N) is 5. The largest absolute Gasteiger partial charge is 0.394 e. The molecule has 4 rings (SSSR count). The highest BCUT2D eigenvalue weighted by Gasteiger charge is 2.44. The lowest BCUT2D eigenvalue weighted by Gasteiger charge is -2.16. The number of rotatable bonds is 2. The maximum atomic E-state index is 12.7. The Morgan fingerprint density at radius 1 is 1.24 bits per heavy atom. The van der Waals surface area contributed by atoms with Crippen molar-refractivity contribution < 1.29 is 20.1 Å². The van der Waals surface area contributed by atoms with E-state index < -0.39 is 31.1 Å². The molecule has 10 nitrogen and oxygen atoms in total. The summed E-state index contributed by atoms with van der Waals surface area (Å²) in [5.41, 5.74) is 1.31. The third kappa shape index (κ3) is 2.26. The molecular weight excluding hydrogens is 330 g/mol. The van der Waals surface area contributed by atoms with Gasteiger partial charge < -0.3 is 20.1 Å². The second kappa shape index (κ2) is 5.56. The fourth-order valence-corrected chi connectivity index (χ4v) is 3.20. The lowest BCUT2D eigenvalue weighted by atomic mass is 10.1. The predicted octanol–water partition coefficient (Wildman–Crippen LogP) is -1.33. The van der Waals surface area contributed by atoms with Gasteiger partial charge in [0.2, 0.25) is 5.78 Å². The number of fused-ring (bicyclic) bond motifs is 2. The molecule has 0 bridgehead atoms. The second-order valence-corrected chi connectivity index (χ2v) is 6.14. The van der Waals surface area contributed by atoms with Gasteiger partial charge in [-0.25, -0.2) is 14.4 Å². The van der Waals surface area contributed by atoms with Crippen molar-refractivity contribution >= 4 is 16.9 Å². The minimum absolute atomic E-state index is 0.101. The molecule has 0 radical (unpaired) electrons. The van der Waals surface area contributed by atoms with E-state index in [1.165, 1.54) is 15.3 Å². The molecule has 3 aromatic rings. The first kappa shape index (κ1) is 16.1. The van der Waals surface area contributed by atoms with Gasteiger partial charge in [-0.05, 0) is 19.9 Å². The van der Waals surface area contributed by atoms with Crippen molar-refractivity contribution in [3.8, 4) is 0 Å². The average molecular weight is 347 g/mol. The van der Waals surface area contributed by atoms with E-state index >= 15 is 0 Å². The quantitative estimate of drug-likeness (QED) is 0.519. The van der Waals surface area contributed by atoms with Crippen LogP contribution < -0.4 is 5.56 Å². The minimum Gasteiger partial charge on any atom is -0.394 e. The van der Waals surface area contributed by atoms with Crippen LogP contribution in [-0.2, 0) is 4.74 Å². The van der Waals surface area contributed by atoms with Gasteiger partial charge in [-0.3, -0.25) is 9.36 Å². The lowest BCUT2D eigenvalue weighted by Crippen LogP contribution is -2.33. The Balaban J connectivity index is 1.94. The molecule has 10 heteroatoms. The van der Waals surface area contributed by atoms with E-state index in [1.807, 2.05) is 0 Å². The molecular formula is C15H17N5O5. The maximum Gasteiger partial charge on any atom is 0.287 e. The van der Waals surface area contributed by atoms with Gasteiger partial charge in [0, 0.05) is 11.4 Å². The zero-order valence-electron chi connectivity index (χ0n) is 13.6. The molecule has 1 aliphatic heterocycles. The predicted molar refractivity (Wildman–Crippen MR) is 85.0 cm³/mol. The topological polar surface area (TPSA) is 135 Å². The molecule has 1 fully saturated rings. The molecule has 3 aromatic heterocycles. The molecule has 0 saturated carbocycles. The Hall–Kier alpha value is -2.40. The summed E-state index contributed by atoms with van der Waals surface area (Å²) in [5, 5.41) is 29.4. The Morgan fingerprint density at radius 3 is 2.68 bits per heavy atom. The van der Waals surface area contributed by atoms with Crippen molar-refractivity contribution in [1.29, 1.82) is 0 Å². The first-order chi connectivity index (χ1) is 11.9. The SMILES string of the molecule is Cc1cc(C)n2c(=O)c3ncn(C4OC(CO)C(O)C4O)c3nc2n1.